The number of benzene rings is 1. The highest BCUT2D eigenvalue weighted by Crippen LogP contribution is 2.28. The van der Waals surface area contributed by atoms with Gasteiger partial charge < -0.3 is 4.74 Å². The maximum absolute atomic E-state index is 12.3. The number of rotatable bonds is 6. The van der Waals surface area contributed by atoms with E-state index in [0.29, 0.717) is 0 Å². The van der Waals surface area contributed by atoms with Crippen molar-refractivity contribution < 1.29 is 19.1 Å². The summed E-state index contributed by atoms with van der Waals surface area (Å²) in [5, 5.41) is 0. The molecule has 0 spiro atoms. The van der Waals surface area contributed by atoms with E-state index in [4.69, 9.17) is 4.74 Å². The van der Waals surface area contributed by atoms with E-state index in [0.717, 1.165) is 12.0 Å². The number of carbonyl (C=O) groups excluding carboxylic acids is 3. The maximum Gasteiger partial charge on any atom is 0.314 e. The van der Waals surface area contributed by atoms with E-state index in [1.807, 2.05) is 44.2 Å². The van der Waals surface area contributed by atoms with Crippen LogP contribution in [0, 0.1) is 5.92 Å². The number of amides is 2. The first-order valence-electron chi connectivity index (χ1n) is 7.22. The van der Waals surface area contributed by atoms with Crippen molar-refractivity contribution in [2.45, 2.75) is 33.1 Å². The lowest BCUT2D eigenvalue weighted by Crippen LogP contribution is -2.42. The second kappa shape index (κ2) is 8.81. The van der Waals surface area contributed by atoms with Crippen molar-refractivity contribution >= 4 is 17.8 Å². The zero-order valence-corrected chi connectivity index (χ0v) is 13.1. The van der Waals surface area contributed by atoms with Crippen LogP contribution in [0.25, 0.3) is 0 Å². The van der Waals surface area contributed by atoms with Gasteiger partial charge in [-0.1, -0.05) is 50.6 Å². The van der Waals surface area contributed by atoms with E-state index in [1.165, 1.54) is 6.92 Å². The molecule has 1 aromatic carbocycles. The van der Waals surface area contributed by atoms with Gasteiger partial charge in [-0.2, -0.15) is 0 Å². The van der Waals surface area contributed by atoms with Crippen molar-refractivity contribution in [3.63, 3.8) is 0 Å². The number of hydrogen-bond acceptors (Lipinski definition) is 4. The van der Waals surface area contributed by atoms with Crippen molar-refractivity contribution in [2.75, 3.05) is 6.61 Å². The summed E-state index contributed by atoms with van der Waals surface area (Å²) in [4.78, 5) is 34.4. The highest BCUT2D eigenvalue weighted by Gasteiger charge is 2.27. The molecule has 2 amide bonds. The topological polar surface area (TPSA) is 84.5 Å². The molecule has 0 aromatic heterocycles. The summed E-state index contributed by atoms with van der Waals surface area (Å²) in [6, 6.07) is 9.34. The Morgan fingerprint density at radius 3 is 2.32 bits per heavy atom. The minimum atomic E-state index is -0.584. The van der Waals surface area contributed by atoms with Gasteiger partial charge in [0.05, 0.1) is 5.92 Å². The lowest BCUT2D eigenvalue weighted by Gasteiger charge is -2.21. The van der Waals surface area contributed by atoms with Gasteiger partial charge in [0.2, 0.25) is 5.91 Å². The molecule has 120 valence electrons. The molecule has 0 heterocycles. The van der Waals surface area contributed by atoms with E-state index in [9.17, 15) is 14.4 Å². The van der Waals surface area contributed by atoms with Gasteiger partial charge >= 0.3 is 5.97 Å². The Hall–Kier alpha value is -2.37. The lowest BCUT2D eigenvalue weighted by atomic mass is 9.86. The van der Waals surface area contributed by atoms with Gasteiger partial charge in [0.25, 0.3) is 5.91 Å². The van der Waals surface area contributed by atoms with Gasteiger partial charge in [-0.05, 0) is 11.5 Å². The van der Waals surface area contributed by atoms with E-state index in [2.05, 4.69) is 10.9 Å². The van der Waals surface area contributed by atoms with Crippen LogP contribution in [-0.2, 0) is 19.1 Å². The summed E-state index contributed by atoms with van der Waals surface area (Å²) in [6.07, 6.45) is 0.812. The molecule has 1 aromatic rings. The number of hydrazine groups is 1. The Balaban J connectivity index is 2.66. The second-order valence-corrected chi connectivity index (χ2v) is 5.11. The SMILES string of the molecule is CC[C@H](C)[C@H](C(=O)OCC(=O)NNC(C)=O)c1ccccc1. The van der Waals surface area contributed by atoms with Crippen molar-refractivity contribution in [2.24, 2.45) is 5.92 Å². The molecule has 0 radical (unpaired) electrons. The van der Waals surface area contributed by atoms with Gasteiger partial charge in [-0.25, -0.2) is 0 Å². The number of hydrogen-bond donors (Lipinski definition) is 2. The van der Waals surface area contributed by atoms with E-state index >= 15 is 0 Å². The molecular weight excluding hydrogens is 284 g/mol. The minimum Gasteiger partial charge on any atom is -0.455 e. The third kappa shape index (κ3) is 5.55. The predicted octanol–water partition coefficient (Wildman–Crippen LogP) is 1.53. The standard InChI is InChI=1S/C16H22N2O4/c1-4-11(2)15(13-8-6-5-7-9-13)16(21)22-10-14(20)18-17-12(3)19/h5-9,11,15H,4,10H2,1-3H3,(H,17,19)(H,18,20)/t11-,15-/m0/s1. The first-order valence-corrected chi connectivity index (χ1v) is 7.22. The molecule has 6 heteroatoms. The molecule has 1 rings (SSSR count). The maximum atomic E-state index is 12.3. The Labute approximate surface area is 130 Å². The molecule has 0 bridgehead atoms. The average molecular weight is 306 g/mol. The van der Waals surface area contributed by atoms with Gasteiger partial charge in [-0.15, -0.1) is 0 Å². The molecule has 2 atom stereocenters. The van der Waals surface area contributed by atoms with Crippen LogP contribution in [0.1, 0.15) is 38.7 Å². The van der Waals surface area contributed by atoms with Gasteiger partial charge in [0, 0.05) is 6.92 Å². The molecule has 6 nitrogen and oxygen atoms in total. The summed E-state index contributed by atoms with van der Waals surface area (Å²) in [5.74, 6) is -1.76. The number of ether oxygens (including phenoxy) is 1. The minimum absolute atomic E-state index is 0.0910. The molecular formula is C16H22N2O4. The van der Waals surface area contributed by atoms with E-state index in [1.54, 1.807) is 0 Å². The average Bonchev–Trinajstić information content (AvgIpc) is 2.51. The number of esters is 1. The first kappa shape index (κ1) is 17.7. The fourth-order valence-corrected chi connectivity index (χ4v) is 2.01. The van der Waals surface area contributed by atoms with Crippen LogP contribution in [0.15, 0.2) is 30.3 Å². The predicted molar refractivity (Wildman–Crippen MR) is 81.6 cm³/mol. The Kier molecular flexibility index (Phi) is 7.08. The van der Waals surface area contributed by atoms with Crippen molar-refractivity contribution in [3.05, 3.63) is 35.9 Å². The van der Waals surface area contributed by atoms with E-state index < -0.39 is 30.3 Å². The zero-order chi connectivity index (χ0) is 16.5. The summed E-state index contributed by atoms with van der Waals surface area (Å²) < 4.78 is 5.07. The van der Waals surface area contributed by atoms with Gasteiger partial charge in [0.15, 0.2) is 6.61 Å². The van der Waals surface area contributed by atoms with Crippen LogP contribution in [0.3, 0.4) is 0 Å². The van der Waals surface area contributed by atoms with Crippen LogP contribution in [0.4, 0.5) is 0 Å². The normalized spacial score (nSPS) is 12.9. The summed E-state index contributed by atoms with van der Waals surface area (Å²) in [5.41, 5.74) is 5.14. The molecule has 0 saturated heterocycles. The quantitative estimate of drug-likeness (QED) is 0.616. The summed E-state index contributed by atoms with van der Waals surface area (Å²) >= 11 is 0. The fourth-order valence-electron chi connectivity index (χ4n) is 2.01. The van der Waals surface area contributed by atoms with Crippen LogP contribution in [0.5, 0.6) is 0 Å². The first-order chi connectivity index (χ1) is 10.5. The summed E-state index contributed by atoms with van der Waals surface area (Å²) in [6.45, 7) is 4.80. The van der Waals surface area contributed by atoms with Crippen LogP contribution < -0.4 is 10.9 Å². The van der Waals surface area contributed by atoms with Crippen LogP contribution in [-0.4, -0.2) is 24.4 Å². The zero-order valence-electron chi connectivity index (χ0n) is 13.1. The van der Waals surface area contributed by atoms with Gasteiger partial charge in [-0.3, -0.25) is 25.2 Å². The van der Waals surface area contributed by atoms with Crippen molar-refractivity contribution in [3.8, 4) is 0 Å². The molecule has 0 saturated carbocycles. The van der Waals surface area contributed by atoms with Crippen LogP contribution in [0.2, 0.25) is 0 Å². The van der Waals surface area contributed by atoms with Crippen LogP contribution >= 0.6 is 0 Å². The Morgan fingerprint density at radius 1 is 1.14 bits per heavy atom. The molecule has 0 unspecified atom stereocenters. The number of carbonyl (C=O) groups is 3. The lowest BCUT2D eigenvalue weighted by molar-refractivity contribution is -0.151. The molecule has 2 N–H and O–H groups in total. The van der Waals surface area contributed by atoms with Crippen molar-refractivity contribution in [1.82, 2.24) is 10.9 Å². The highest BCUT2D eigenvalue weighted by molar-refractivity contribution is 5.85. The third-order valence-electron chi connectivity index (χ3n) is 3.35. The van der Waals surface area contributed by atoms with Gasteiger partial charge in [0.1, 0.15) is 0 Å². The largest absolute Gasteiger partial charge is 0.455 e. The Morgan fingerprint density at radius 2 is 1.77 bits per heavy atom. The highest BCUT2D eigenvalue weighted by atomic mass is 16.5. The Bertz CT molecular complexity index is 516. The van der Waals surface area contributed by atoms with E-state index in [-0.39, 0.29) is 5.92 Å². The molecule has 0 fully saturated rings. The third-order valence-corrected chi connectivity index (χ3v) is 3.35. The second-order valence-electron chi connectivity index (χ2n) is 5.11. The summed E-state index contributed by atoms with van der Waals surface area (Å²) in [7, 11) is 0. The van der Waals surface area contributed by atoms with Crippen molar-refractivity contribution in [1.29, 1.82) is 0 Å². The number of nitrogens with one attached hydrogen (secondary N) is 2. The molecule has 0 aliphatic rings. The molecule has 0 aliphatic carbocycles. The smallest absolute Gasteiger partial charge is 0.314 e. The monoisotopic (exact) mass is 306 g/mol. The molecule has 22 heavy (non-hydrogen) atoms. The molecule has 0 aliphatic heterocycles. The fraction of sp³-hybridized carbons (Fsp3) is 0.438.